The molecule has 5 nitrogen and oxygen atoms in total. The molecule has 1 amide bonds. The van der Waals surface area contributed by atoms with Crippen LogP contribution in [-0.4, -0.2) is 52.7 Å². The summed E-state index contributed by atoms with van der Waals surface area (Å²) >= 11 is 1.65. The van der Waals surface area contributed by atoms with E-state index >= 15 is 0 Å². The summed E-state index contributed by atoms with van der Waals surface area (Å²) in [6.07, 6.45) is 2.10. The molecule has 0 radical (unpaired) electrons. The number of aromatic nitrogens is 2. The molecule has 0 aliphatic carbocycles. The molecule has 23 heavy (non-hydrogen) atoms. The number of hydrogen-bond donors (Lipinski definition) is 2. The van der Waals surface area contributed by atoms with Crippen molar-refractivity contribution < 1.29 is 4.79 Å². The van der Waals surface area contributed by atoms with Crippen LogP contribution in [0.25, 0.3) is 11.0 Å². The molecule has 1 aromatic heterocycles. The van der Waals surface area contributed by atoms with Crippen molar-refractivity contribution in [3.8, 4) is 0 Å². The van der Waals surface area contributed by atoms with Gasteiger partial charge in [0.1, 0.15) is 5.82 Å². The van der Waals surface area contributed by atoms with Crippen LogP contribution in [-0.2, 0) is 4.79 Å². The number of nitrogens with zero attached hydrogens (tertiary/aromatic N) is 2. The Bertz CT molecular complexity index is 630. The summed E-state index contributed by atoms with van der Waals surface area (Å²) in [4.78, 5) is 22.3. The molecule has 2 aromatic rings. The number of carbonyl (C=O) groups is 1. The number of rotatable bonds is 5. The van der Waals surface area contributed by atoms with Crippen LogP contribution >= 0.6 is 11.8 Å². The third kappa shape index (κ3) is 3.87. The van der Waals surface area contributed by atoms with Gasteiger partial charge in [0, 0.05) is 19.1 Å². The lowest BCUT2D eigenvalue weighted by molar-refractivity contribution is -0.129. The molecule has 124 valence electrons. The number of thioether (sulfide) groups is 1. The Labute approximate surface area is 141 Å². The van der Waals surface area contributed by atoms with Crippen molar-refractivity contribution >= 4 is 28.7 Å². The number of amides is 1. The highest BCUT2D eigenvalue weighted by Crippen LogP contribution is 2.28. The van der Waals surface area contributed by atoms with Gasteiger partial charge in [-0.3, -0.25) is 4.79 Å². The van der Waals surface area contributed by atoms with Crippen LogP contribution in [0.3, 0.4) is 0 Å². The quantitative estimate of drug-likeness (QED) is 0.883. The monoisotopic (exact) mass is 332 g/mol. The van der Waals surface area contributed by atoms with Gasteiger partial charge in [0.05, 0.1) is 22.0 Å². The Hall–Kier alpha value is -1.53. The van der Waals surface area contributed by atoms with E-state index in [1.807, 2.05) is 36.2 Å². The molecule has 1 aromatic carbocycles. The molecule has 1 aliphatic rings. The van der Waals surface area contributed by atoms with Gasteiger partial charge in [-0.2, -0.15) is 0 Å². The number of H-pyrrole nitrogens is 1. The van der Waals surface area contributed by atoms with Gasteiger partial charge in [-0.15, -0.1) is 11.8 Å². The summed E-state index contributed by atoms with van der Waals surface area (Å²) in [5.74, 6) is 1.70. The normalized spacial score (nSPS) is 17.6. The molecule has 1 fully saturated rings. The number of hydrogen-bond acceptors (Lipinski definition) is 4. The molecule has 3 rings (SSSR count). The summed E-state index contributed by atoms with van der Waals surface area (Å²) < 4.78 is 0. The van der Waals surface area contributed by atoms with Crippen LogP contribution in [0.2, 0.25) is 0 Å². The number of benzene rings is 1. The van der Waals surface area contributed by atoms with E-state index in [1.54, 1.807) is 11.8 Å². The zero-order chi connectivity index (χ0) is 16.2. The molecule has 0 saturated carbocycles. The predicted octanol–water partition coefficient (Wildman–Crippen LogP) is 2.57. The van der Waals surface area contributed by atoms with Crippen molar-refractivity contribution in [1.29, 1.82) is 0 Å². The average Bonchev–Trinajstić information content (AvgIpc) is 3.03. The predicted molar refractivity (Wildman–Crippen MR) is 95.6 cm³/mol. The standard InChI is InChI=1S/C17H24N4OS/c1-12(17-19-14-5-3-4-6-15(14)20-17)23-11-16(22)21-9-7-13(18-2)8-10-21/h3-6,12-13,18H,7-11H2,1-2H3,(H,19,20). The lowest BCUT2D eigenvalue weighted by atomic mass is 10.1. The van der Waals surface area contributed by atoms with Gasteiger partial charge in [0.15, 0.2) is 0 Å². The van der Waals surface area contributed by atoms with Crippen molar-refractivity contribution in [2.45, 2.75) is 31.1 Å². The van der Waals surface area contributed by atoms with E-state index in [0.29, 0.717) is 11.8 Å². The maximum Gasteiger partial charge on any atom is 0.232 e. The summed E-state index contributed by atoms with van der Waals surface area (Å²) in [6, 6.07) is 8.58. The maximum atomic E-state index is 12.4. The summed E-state index contributed by atoms with van der Waals surface area (Å²) in [5, 5.41) is 3.47. The number of imidazole rings is 1. The van der Waals surface area contributed by atoms with Gasteiger partial charge in [-0.1, -0.05) is 12.1 Å². The fourth-order valence-electron chi connectivity index (χ4n) is 2.95. The molecule has 2 heterocycles. The highest BCUT2D eigenvalue weighted by atomic mass is 32.2. The van der Waals surface area contributed by atoms with Crippen molar-refractivity contribution in [2.24, 2.45) is 0 Å². The number of para-hydroxylation sites is 2. The number of piperidine rings is 1. The van der Waals surface area contributed by atoms with E-state index < -0.39 is 0 Å². The molecule has 1 unspecified atom stereocenters. The van der Waals surface area contributed by atoms with Gasteiger partial charge in [0.2, 0.25) is 5.91 Å². The zero-order valence-corrected chi connectivity index (χ0v) is 14.5. The molecule has 1 saturated heterocycles. The average molecular weight is 332 g/mol. The molecule has 0 bridgehead atoms. The smallest absolute Gasteiger partial charge is 0.232 e. The summed E-state index contributed by atoms with van der Waals surface area (Å²) in [5.41, 5.74) is 2.03. The van der Waals surface area contributed by atoms with E-state index in [0.717, 1.165) is 42.8 Å². The van der Waals surface area contributed by atoms with Crippen LogP contribution in [0, 0.1) is 0 Å². The molecule has 1 atom stereocenters. The minimum absolute atomic E-state index is 0.182. The largest absolute Gasteiger partial charge is 0.342 e. The maximum absolute atomic E-state index is 12.4. The third-order valence-corrected chi connectivity index (χ3v) is 5.64. The fourth-order valence-corrected chi connectivity index (χ4v) is 3.79. The second-order valence-corrected chi connectivity index (χ2v) is 7.37. The minimum Gasteiger partial charge on any atom is -0.342 e. The van der Waals surface area contributed by atoms with Crippen LogP contribution in [0.15, 0.2) is 24.3 Å². The van der Waals surface area contributed by atoms with E-state index in [2.05, 4.69) is 22.2 Å². The Morgan fingerprint density at radius 2 is 2.17 bits per heavy atom. The van der Waals surface area contributed by atoms with Crippen molar-refractivity contribution in [1.82, 2.24) is 20.2 Å². The van der Waals surface area contributed by atoms with Crippen molar-refractivity contribution in [3.05, 3.63) is 30.1 Å². The van der Waals surface area contributed by atoms with Gasteiger partial charge in [-0.25, -0.2) is 4.98 Å². The molecule has 2 N–H and O–H groups in total. The van der Waals surface area contributed by atoms with Gasteiger partial charge in [0.25, 0.3) is 0 Å². The zero-order valence-electron chi connectivity index (χ0n) is 13.7. The van der Waals surface area contributed by atoms with E-state index in [4.69, 9.17) is 0 Å². The van der Waals surface area contributed by atoms with Crippen LogP contribution in [0.1, 0.15) is 30.8 Å². The van der Waals surface area contributed by atoms with Crippen molar-refractivity contribution in [3.63, 3.8) is 0 Å². The number of carbonyl (C=O) groups excluding carboxylic acids is 1. The van der Waals surface area contributed by atoms with Crippen LogP contribution < -0.4 is 5.32 Å². The topological polar surface area (TPSA) is 61.0 Å². The number of nitrogens with one attached hydrogen (secondary N) is 2. The lowest BCUT2D eigenvalue weighted by Crippen LogP contribution is -2.44. The highest BCUT2D eigenvalue weighted by molar-refractivity contribution is 8.00. The SMILES string of the molecule is CNC1CCN(C(=O)CSC(C)c2nc3ccccc3[nH]2)CC1. The highest BCUT2D eigenvalue weighted by Gasteiger charge is 2.22. The van der Waals surface area contributed by atoms with Gasteiger partial charge >= 0.3 is 0 Å². The first-order valence-corrected chi connectivity index (χ1v) is 9.23. The number of likely N-dealkylation sites (tertiary alicyclic amines) is 1. The van der Waals surface area contributed by atoms with Gasteiger partial charge < -0.3 is 15.2 Å². The van der Waals surface area contributed by atoms with Crippen molar-refractivity contribution in [2.75, 3.05) is 25.9 Å². The summed E-state index contributed by atoms with van der Waals surface area (Å²) in [6.45, 7) is 3.83. The molecule has 0 spiro atoms. The molecular weight excluding hydrogens is 308 g/mol. The van der Waals surface area contributed by atoms with Crippen LogP contribution in [0.5, 0.6) is 0 Å². The number of aromatic amines is 1. The summed E-state index contributed by atoms with van der Waals surface area (Å²) in [7, 11) is 1.99. The van der Waals surface area contributed by atoms with E-state index in [1.165, 1.54) is 0 Å². The van der Waals surface area contributed by atoms with Gasteiger partial charge in [-0.05, 0) is 38.9 Å². The Balaban J connectivity index is 1.52. The Kier molecular flexibility index (Phi) is 5.23. The number of fused-ring (bicyclic) bond motifs is 1. The molecular formula is C17H24N4OS. The van der Waals surface area contributed by atoms with Crippen LogP contribution in [0.4, 0.5) is 0 Å². The first-order chi connectivity index (χ1) is 11.2. The van der Waals surface area contributed by atoms with E-state index in [-0.39, 0.29) is 11.2 Å². The molecule has 1 aliphatic heterocycles. The molecule has 6 heteroatoms. The third-order valence-electron chi connectivity index (χ3n) is 4.51. The Morgan fingerprint density at radius 1 is 1.43 bits per heavy atom. The second kappa shape index (κ2) is 7.36. The van der Waals surface area contributed by atoms with E-state index in [9.17, 15) is 4.79 Å². The fraction of sp³-hybridized carbons (Fsp3) is 0.529. The lowest BCUT2D eigenvalue weighted by Gasteiger charge is -2.32. The minimum atomic E-state index is 0.182. The Morgan fingerprint density at radius 3 is 2.87 bits per heavy atom. The second-order valence-electron chi connectivity index (χ2n) is 6.04. The first-order valence-electron chi connectivity index (χ1n) is 8.18. The first kappa shape index (κ1) is 16.3.